The van der Waals surface area contributed by atoms with Crippen molar-refractivity contribution in [2.45, 2.75) is 24.7 Å². The van der Waals surface area contributed by atoms with Gasteiger partial charge in [0.05, 0.1) is 22.2 Å². The number of nitrogens with zero attached hydrogens (tertiary/aromatic N) is 2. The summed E-state index contributed by atoms with van der Waals surface area (Å²) < 4.78 is 31.5. The maximum atomic E-state index is 11.8. The molecule has 1 aliphatic rings. The second-order valence-corrected chi connectivity index (χ2v) is 6.32. The highest BCUT2D eigenvalue weighted by Crippen LogP contribution is 2.35. The first-order chi connectivity index (χ1) is 9.24. The van der Waals surface area contributed by atoms with Crippen LogP contribution < -0.4 is 5.01 Å². The summed E-state index contributed by atoms with van der Waals surface area (Å²) in [4.78, 5) is 11.3. The molecule has 0 bridgehead atoms. The second-order valence-electron chi connectivity index (χ2n) is 4.11. The number of anilines is 1. The Morgan fingerprint density at radius 1 is 1.35 bits per heavy atom. The molecule has 0 spiro atoms. The quantitative estimate of drug-likeness (QED) is 0.859. The minimum atomic E-state index is -4.52. The molecule has 1 aliphatic heterocycles. The first-order valence-electron chi connectivity index (χ1n) is 5.60. The maximum absolute atomic E-state index is 11.8. The van der Waals surface area contributed by atoms with E-state index in [0.29, 0.717) is 12.1 Å². The summed E-state index contributed by atoms with van der Waals surface area (Å²) >= 11 is 11.7. The molecule has 1 heterocycles. The van der Waals surface area contributed by atoms with E-state index >= 15 is 0 Å². The molecule has 1 N–H and O–H groups in total. The van der Waals surface area contributed by atoms with Gasteiger partial charge in [-0.05, 0) is 18.6 Å². The number of carbonyl (C=O) groups is 1. The predicted octanol–water partition coefficient (Wildman–Crippen LogP) is 2.74. The standard InChI is InChI=1S/C11H10Cl2N2O4S/c1-2-6-3-11(16)15(14-6)9-5-10(20(17,18)19)8(13)4-7(9)12/h4-5H,2-3H2,1H3,(H,17,18,19). The molecule has 0 radical (unpaired) electrons. The highest BCUT2D eigenvalue weighted by Gasteiger charge is 2.28. The highest BCUT2D eigenvalue weighted by atomic mass is 35.5. The lowest BCUT2D eigenvalue weighted by atomic mass is 10.2. The lowest BCUT2D eigenvalue weighted by Crippen LogP contribution is -2.20. The summed E-state index contributed by atoms with van der Waals surface area (Å²) in [6.45, 7) is 1.85. The Morgan fingerprint density at radius 2 is 2.00 bits per heavy atom. The van der Waals surface area contributed by atoms with Crippen LogP contribution in [-0.2, 0) is 14.9 Å². The van der Waals surface area contributed by atoms with E-state index in [9.17, 15) is 13.2 Å². The van der Waals surface area contributed by atoms with Crippen molar-refractivity contribution in [3.05, 3.63) is 22.2 Å². The molecule has 9 heteroatoms. The molecule has 0 aliphatic carbocycles. The van der Waals surface area contributed by atoms with Crippen molar-refractivity contribution < 1.29 is 17.8 Å². The fourth-order valence-electron chi connectivity index (χ4n) is 1.74. The smallest absolute Gasteiger partial charge is 0.282 e. The third-order valence-electron chi connectivity index (χ3n) is 2.75. The van der Waals surface area contributed by atoms with Crippen molar-refractivity contribution in [1.82, 2.24) is 0 Å². The fraction of sp³-hybridized carbons (Fsp3) is 0.273. The van der Waals surface area contributed by atoms with Gasteiger partial charge in [0.1, 0.15) is 4.90 Å². The molecule has 1 aromatic carbocycles. The lowest BCUT2D eigenvalue weighted by Gasteiger charge is -2.15. The number of halogens is 2. The Labute approximate surface area is 125 Å². The third kappa shape index (κ3) is 2.80. The van der Waals surface area contributed by atoms with E-state index in [4.69, 9.17) is 27.8 Å². The topological polar surface area (TPSA) is 87.0 Å². The lowest BCUT2D eigenvalue weighted by molar-refractivity contribution is -0.116. The number of hydrazone groups is 1. The number of hydrogen-bond donors (Lipinski definition) is 1. The number of benzene rings is 1. The summed E-state index contributed by atoms with van der Waals surface area (Å²) in [6, 6.07) is 2.17. The molecule has 0 saturated heterocycles. The Balaban J connectivity index is 2.58. The summed E-state index contributed by atoms with van der Waals surface area (Å²) in [5.41, 5.74) is 0.728. The van der Waals surface area contributed by atoms with Crippen LogP contribution in [0.1, 0.15) is 19.8 Å². The Kier molecular flexibility index (Phi) is 4.06. The van der Waals surface area contributed by atoms with E-state index in [1.54, 1.807) is 0 Å². The van der Waals surface area contributed by atoms with Crippen LogP contribution in [0.5, 0.6) is 0 Å². The molecule has 0 fully saturated rings. The van der Waals surface area contributed by atoms with Gasteiger partial charge in [-0.2, -0.15) is 18.5 Å². The summed E-state index contributed by atoms with van der Waals surface area (Å²) in [5.74, 6) is -0.327. The van der Waals surface area contributed by atoms with Crippen molar-refractivity contribution >= 4 is 50.6 Å². The molecule has 108 valence electrons. The third-order valence-corrected chi connectivity index (χ3v) is 4.37. The van der Waals surface area contributed by atoms with Crippen LogP contribution >= 0.6 is 23.2 Å². The molecule has 0 unspecified atom stereocenters. The van der Waals surface area contributed by atoms with Crippen LogP contribution in [0.3, 0.4) is 0 Å². The van der Waals surface area contributed by atoms with Crippen LogP contribution in [-0.4, -0.2) is 24.6 Å². The number of carbonyl (C=O) groups excluding carboxylic acids is 1. The number of rotatable bonds is 3. The van der Waals surface area contributed by atoms with Gasteiger partial charge >= 0.3 is 0 Å². The predicted molar refractivity (Wildman–Crippen MR) is 76.1 cm³/mol. The van der Waals surface area contributed by atoms with Crippen LogP contribution in [0.25, 0.3) is 0 Å². The molecule has 0 atom stereocenters. The molecular formula is C11H10Cl2N2O4S. The molecule has 1 aromatic rings. The number of hydrogen-bond acceptors (Lipinski definition) is 4. The zero-order chi connectivity index (χ0) is 15.1. The van der Waals surface area contributed by atoms with Crippen LogP contribution in [0, 0.1) is 0 Å². The van der Waals surface area contributed by atoms with Crippen molar-refractivity contribution in [1.29, 1.82) is 0 Å². The van der Waals surface area contributed by atoms with Gasteiger partial charge in [-0.15, -0.1) is 0 Å². The number of amides is 1. The largest absolute Gasteiger partial charge is 0.296 e. The molecule has 0 saturated carbocycles. The van der Waals surface area contributed by atoms with E-state index < -0.39 is 15.0 Å². The molecule has 0 aromatic heterocycles. The maximum Gasteiger partial charge on any atom is 0.296 e. The minimum Gasteiger partial charge on any atom is -0.282 e. The molecular weight excluding hydrogens is 327 g/mol. The Morgan fingerprint density at radius 3 is 2.50 bits per heavy atom. The van der Waals surface area contributed by atoms with Gasteiger partial charge in [0, 0.05) is 5.71 Å². The van der Waals surface area contributed by atoms with Gasteiger partial charge in [0.15, 0.2) is 0 Å². The Hall–Kier alpha value is -1.15. The molecule has 2 rings (SSSR count). The van der Waals surface area contributed by atoms with Gasteiger partial charge in [-0.3, -0.25) is 9.35 Å². The van der Waals surface area contributed by atoms with Gasteiger partial charge in [-0.1, -0.05) is 30.1 Å². The molecule has 6 nitrogen and oxygen atoms in total. The van der Waals surface area contributed by atoms with Gasteiger partial charge in [0.2, 0.25) is 0 Å². The Bertz CT molecular complexity index is 715. The fourth-order valence-corrected chi connectivity index (χ4v) is 3.07. The zero-order valence-corrected chi connectivity index (χ0v) is 12.6. The molecule has 1 amide bonds. The van der Waals surface area contributed by atoms with Crippen LogP contribution in [0.2, 0.25) is 10.0 Å². The van der Waals surface area contributed by atoms with Crippen LogP contribution in [0.15, 0.2) is 22.1 Å². The SMILES string of the molecule is CCC1=NN(c2cc(S(=O)(=O)O)c(Cl)cc2Cl)C(=O)C1. The van der Waals surface area contributed by atoms with Gasteiger partial charge in [-0.25, -0.2) is 0 Å². The van der Waals surface area contributed by atoms with Gasteiger partial charge < -0.3 is 0 Å². The minimum absolute atomic E-state index is 0.0665. The molecule has 20 heavy (non-hydrogen) atoms. The average molecular weight is 337 g/mol. The summed E-state index contributed by atoms with van der Waals surface area (Å²) in [5, 5.41) is 4.93. The van der Waals surface area contributed by atoms with E-state index in [2.05, 4.69) is 5.10 Å². The van der Waals surface area contributed by atoms with Crippen molar-refractivity contribution in [3.8, 4) is 0 Å². The summed E-state index contributed by atoms with van der Waals surface area (Å²) in [7, 11) is -4.52. The van der Waals surface area contributed by atoms with Crippen LogP contribution in [0.4, 0.5) is 5.69 Å². The first-order valence-corrected chi connectivity index (χ1v) is 7.79. The van der Waals surface area contributed by atoms with E-state index in [-0.39, 0.29) is 28.1 Å². The first kappa shape index (κ1) is 15.2. The van der Waals surface area contributed by atoms with E-state index in [1.165, 1.54) is 0 Å². The van der Waals surface area contributed by atoms with Crippen molar-refractivity contribution in [2.75, 3.05) is 5.01 Å². The average Bonchev–Trinajstić information content (AvgIpc) is 2.69. The second kappa shape index (κ2) is 5.33. The van der Waals surface area contributed by atoms with Crippen molar-refractivity contribution in [2.24, 2.45) is 5.10 Å². The monoisotopic (exact) mass is 336 g/mol. The van der Waals surface area contributed by atoms with Gasteiger partial charge in [0.25, 0.3) is 16.0 Å². The van der Waals surface area contributed by atoms with E-state index in [1.807, 2.05) is 6.92 Å². The van der Waals surface area contributed by atoms with Crippen molar-refractivity contribution in [3.63, 3.8) is 0 Å². The zero-order valence-electron chi connectivity index (χ0n) is 10.3. The normalized spacial score (nSPS) is 15.7. The van der Waals surface area contributed by atoms with E-state index in [0.717, 1.165) is 17.1 Å². The summed E-state index contributed by atoms with van der Waals surface area (Å²) in [6.07, 6.45) is 0.745. The highest BCUT2D eigenvalue weighted by molar-refractivity contribution is 7.86.